The third-order valence-electron chi connectivity index (χ3n) is 3.78. The molecule has 0 unspecified atom stereocenters. The van der Waals surface area contributed by atoms with Gasteiger partial charge in [-0.05, 0) is 25.1 Å². The number of nitrogens with zero attached hydrogens (tertiary/aromatic N) is 3. The fraction of sp³-hybridized carbons (Fsp3) is 0.375. The Hall–Kier alpha value is -2.01. The van der Waals surface area contributed by atoms with Crippen molar-refractivity contribution in [2.75, 3.05) is 13.7 Å². The molecule has 0 fully saturated rings. The van der Waals surface area contributed by atoms with Crippen LogP contribution in [0.15, 0.2) is 24.4 Å². The summed E-state index contributed by atoms with van der Waals surface area (Å²) < 4.78 is 19.1. The van der Waals surface area contributed by atoms with E-state index in [0.29, 0.717) is 17.9 Å². The van der Waals surface area contributed by atoms with Crippen molar-refractivity contribution in [3.05, 3.63) is 52.9 Å². The molecule has 0 saturated heterocycles. The molecular formula is C16H18FN3O. The Morgan fingerprint density at radius 2 is 2.24 bits per heavy atom. The van der Waals surface area contributed by atoms with Gasteiger partial charge in [0.15, 0.2) is 0 Å². The molecule has 0 bridgehead atoms. The summed E-state index contributed by atoms with van der Waals surface area (Å²) in [5, 5.41) is 0. The van der Waals surface area contributed by atoms with Gasteiger partial charge in [0, 0.05) is 49.1 Å². The molecule has 4 nitrogen and oxygen atoms in total. The van der Waals surface area contributed by atoms with Gasteiger partial charge in [-0.15, -0.1) is 0 Å². The van der Waals surface area contributed by atoms with Crippen LogP contribution in [0, 0.1) is 12.7 Å². The monoisotopic (exact) mass is 287 g/mol. The zero-order chi connectivity index (χ0) is 14.8. The number of methoxy groups -OCH3 is 1. The van der Waals surface area contributed by atoms with Crippen LogP contribution >= 0.6 is 0 Å². The minimum absolute atomic E-state index is 0.193. The fourth-order valence-electron chi connectivity index (χ4n) is 2.65. The van der Waals surface area contributed by atoms with Crippen LogP contribution in [0.3, 0.4) is 0 Å². The molecule has 0 N–H and O–H groups in total. The fourth-order valence-corrected chi connectivity index (χ4v) is 2.65. The van der Waals surface area contributed by atoms with E-state index in [4.69, 9.17) is 4.74 Å². The molecule has 21 heavy (non-hydrogen) atoms. The van der Waals surface area contributed by atoms with Crippen LogP contribution in [0.4, 0.5) is 4.39 Å². The summed E-state index contributed by atoms with van der Waals surface area (Å²) in [4.78, 5) is 10.9. The van der Waals surface area contributed by atoms with E-state index in [1.54, 1.807) is 19.2 Å². The average Bonchev–Trinajstić information content (AvgIpc) is 2.49. The molecule has 2 heterocycles. The number of aryl methyl sites for hydroxylation is 1. The Labute approximate surface area is 123 Å². The first-order valence-electron chi connectivity index (χ1n) is 7.02. The first-order chi connectivity index (χ1) is 10.2. The molecule has 0 saturated carbocycles. The summed E-state index contributed by atoms with van der Waals surface area (Å²) in [6, 6.07) is 4.86. The van der Waals surface area contributed by atoms with E-state index in [0.717, 1.165) is 36.6 Å². The number of hydrogen-bond donors (Lipinski definition) is 0. The molecule has 1 aromatic heterocycles. The average molecular weight is 287 g/mol. The van der Waals surface area contributed by atoms with Gasteiger partial charge in [-0.1, -0.05) is 0 Å². The normalized spacial score (nSPS) is 14.8. The second-order valence-corrected chi connectivity index (χ2v) is 5.31. The minimum Gasteiger partial charge on any atom is -0.497 e. The van der Waals surface area contributed by atoms with E-state index in [-0.39, 0.29) is 5.82 Å². The maximum Gasteiger partial charge on any atom is 0.127 e. The predicted molar refractivity (Wildman–Crippen MR) is 77.5 cm³/mol. The van der Waals surface area contributed by atoms with Gasteiger partial charge in [-0.3, -0.25) is 4.90 Å². The van der Waals surface area contributed by atoms with Crippen molar-refractivity contribution in [3.8, 4) is 5.75 Å². The Balaban J connectivity index is 1.76. The number of halogens is 1. The summed E-state index contributed by atoms with van der Waals surface area (Å²) in [6.07, 6.45) is 2.76. The van der Waals surface area contributed by atoms with Crippen molar-refractivity contribution in [1.82, 2.24) is 14.9 Å². The second-order valence-electron chi connectivity index (χ2n) is 5.31. The van der Waals surface area contributed by atoms with E-state index in [9.17, 15) is 4.39 Å². The summed E-state index contributed by atoms with van der Waals surface area (Å²) in [7, 11) is 1.59. The lowest BCUT2D eigenvalue weighted by Crippen LogP contribution is -2.31. The van der Waals surface area contributed by atoms with Gasteiger partial charge in [0.2, 0.25) is 0 Å². The topological polar surface area (TPSA) is 38.2 Å². The van der Waals surface area contributed by atoms with Crippen LogP contribution in [0.2, 0.25) is 0 Å². The third-order valence-corrected chi connectivity index (χ3v) is 3.78. The number of fused-ring (bicyclic) bond motifs is 1. The molecule has 0 aliphatic carbocycles. The Morgan fingerprint density at radius 3 is 3.05 bits per heavy atom. The van der Waals surface area contributed by atoms with Crippen LogP contribution in [-0.2, 0) is 19.5 Å². The number of aromatic nitrogens is 2. The molecule has 5 heteroatoms. The van der Waals surface area contributed by atoms with Gasteiger partial charge in [0.25, 0.3) is 0 Å². The molecule has 110 valence electrons. The zero-order valence-electron chi connectivity index (χ0n) is 12.3. The van der Waals surface area contributed by atoms with Crippen LogP contribution in [0.25, 0.3) is 0 Å². The van der Waals surface area contributed by atoms with Crippen molar-refractivity contribution >= 4 is 0 Å². The van der Waals surface area contributed by atoms with Gasteiger partial charge in [-0.25, -0.2) is 14.4 Å². The minimum atomic E-state index is -0.193. The van der Waals surface area contributed by atoms with Crippen LogP contribution in [0.1, 0.15) is 22.6 Å². The lowest BCUT2D eigenvalue weighted by molar-refractivity contribution is 0.239. The maximum atomic E-state index is 13.9. The van der Waals surface area contributed by atoms with Crippen LogP contribution in [0.5, 0.6) is 5.75 Å². The first kappa shape index (κ1) is 13.9. The van der Waals surface area contributed by atoms with E-state index >= 15 is 0 Å². The predicted octanol–water partition coefficient (Wildman–Crippen LogP) is 2.49. The quantitative estimate of drug-likeness (QED) is 0.869. The molecule has 3 rings (SSSR count). The molecule has 1 aromatic carbocycles. The van der Waals surface area contributed by atoms with Gasteiger partial charge >= 0.3 is 0 Å². The van der Waals surface area contributed by atoms with Gasteiger partial charge in [0.05, 0.1) is 7.11 Å². The van der Waals surface area contributed by atoms with E-state index in [2.05, 4.69) is 14.9 Å². The van der Waals surface area contributed by atoms with Crippen molar-refractivity contribution < 1.29 is 9.13 Å². The highest BCUT2D eigenvalue weighted by atomic mass is 19.1. The van der Waals surface area contributed by atoms with Crippen molar-refractivity contribution in [2.24, 2.45) is 0 Å². The van der Waals surface area contributed by atoms with E-state index in [1.807, 2.05) is 13.1 Å². The Kier molecular flexibility index (Phi) is 3.84. The van der Waals surface area contributed by atoms with Crippen molar-refractivity contribution in [2.45, 2.75) is 26.4 Å². The number of benzene rings is 1. The smallest absolute Gasteiger partial charge is 0.127 e. The molecule has 0 atom stereocenters. The Bertz CT molecular complexity index is 660. The Morgan fingerprint density at radius 1 is 1.38 bits per heavy atom. The van der Waals surface area contributed by atoms with Crippen LogP contribution in [-0.4, -0.2) is 28.5 Å². The summed E-state index contributed by atoms with van der Waals surface area (Å²) in [5.41, 5.74) is 2.91. The van der Waals surface area contributed by atoms with Gasteiger partial charge < -0.3 is 4.74 Å². The highest BCUT2D eigenvalue weighted by Gasteiger charge is 2.19. The van der Waals surface area contributed by atoms with Crippen LogP contribution < -0.4 is 4.74 Å². The van der Waals surface area contributed by atoms with Gasteiger partial charge in [0.1, 0.15) is 17.4 Å². The molecule has 1 aliphatic heterocycles. The maximum absolute atomic E-state index is 13.9. The third kappa shape index (κ3) is 3.03. The van der Waals surface area contributed by atoms with Crippen molar-refractivity contribution in [3.63, 3.8) is 0 Å². The lowest BCUT2D eigenvalue weighted by Gasteiger charge is -2.28. The second kappa shape index (κ2) is 5.77. The van der Waals surface area contributed by atoms with Crippen molar-refractivity contribution in [1.29, 1.82) is 0 Å². The molecule has 0 amide bonds. The largest absolute Gasteiger partial charge is 0.497 e. The lowest BCUT2D eigenvalue weighted by atomic mass is 10.1. The van der Waals surface area contributed by atoms with E-state index in [1.165, 1.54) is 6.07 Å². The standard InChI is InChI=1S/C16H18FN3O/c1-11-18-8-13-10-20(6-5-16(13)19-11)9-12-7-14(21-2)3-4-15(12)17/h3-4,7-8H,5-6,9-10H2,1-2H3. The zero-order valence-corrected chi connectivity index (χ0v) is 12.3. The molecule has 1 aliphatic rings. The number of rotatable bonds is 3. The first-order valence-corrected chi connectivity index (χ1v) is 7.02. The number of ether oxygens (including phenoxy) is 1. The summed E-state index contributed by atoms with van der Waals surface area (Å²) in [5.74, 6) is 1.30. The molecule has 0 spiro atoms. The van der Waals surface area contributed by atoms with Gasteiger partial charge in [-0.2, -0.15) is 0 Å². The SMILES string of the molecule is COc1ccc(F)c(CN2CCc3nc(C)ncc3C2)c1. The molecule has 0 radical (unpaired) electrons. The molecular weight excluding hydrogens is 269 g/mol. The highest BCUT2D eigenvalue weighted by Crippen LogP contribution is 2.22. The number of hydrogen-bond acceptors (Lipinski definition) is 4. The summed E-state index contributed by atoms with van der Waals surface area (Å²) in [6.45, 7) is 4.10. The molecule has 2 aromatic rings. The van der Waals surface area contributed by atoms with E-state index < -0.39 is 0 Å². The highest BCUT2D eigenvalue weighted by molar-refractivity contribution is 5.30. The summed E-state index contributed by atoms with van der Waals surface area (Å²) >= 11 is 0.